The van der Waals surface area contributed by atoms with Gasteiger partial charge in [0.05, 0.1) is 6.61 Å². The van der Waals surface area contributed by atoms with E-state index in [1.165, 1.54) is 19.3 Å². The minimum absolute atomic E-state index is 0.0137. The third-order valence-corrected chi connectivity index (χ3v) is 3.84. The minimum Gasteiger partial charge on any atom is -0.394 e. The van der Waals surface area contributed by atoms with Crippen molar-refractivity contribution in [3.05, 3.63) is 0 Å². The standard InChI is InChI=1S/C13H25NO2/c1-10(9-15)14-12(16)8-11-6-4-5-7-13(11,2)3/h10-11,15H,4-9H2,1-3H3,(H,14,16). The monoisotopic (exact) mass is 227 g/mol. The summed E-state index contributed by atoms with van der Waals surface area (Å²) in [4.78, 5) is 11.7. The Labute approximate surface area is 98.6 Å². The SMILES string of the molecule is CC(CO)NC(=O)CC1CCCCC1(C)C. The van der Waals surface area contributed by atoms with Crippen molar-refractivity contribution < 1.29 is 9.90 Å². The summed E-state index contributed by atoms with van der Waals surface area (Å²) in [5.74, 6) is 0.577. The van der Waals surface area contributed by atoms with Gasteiger partial charge in [0.15, 0.2) is 0 Å². The second-order valence-corrected chi connectivity index (χ2v) is 5.79. The summed E-state index contributed by atoms with van der Waals surface area (Å²) in [6.07, 6.45) is 5.53. The van der Waals surface area contributed by atoms with Crippen molar-refractivity contribution in [3.8, 4) is 0 Å². The van der Waals surface area contributed by atoms with Crippen LogP contribution in [0.2, 0.25) is 0 Å². The molecular formula is C13H25NO2. The number of carbonyl (C=O) groups is 1. The maximum atomic E-state index is 11.7. The van der Waals surface area contributed by atoms with Crippen LogP contribution < -0.4 is 5.32 Å². The molecular weight excluding hydrogens is 202 g/mol. The summed E-state index contributed by atoms with van der Waals surface area (Å²) in [5.41, 5.74) is 0.290. The first-order valence-electron chi connectivity index (χ1n) is 6.36. The van der Waals surface area contributed by atoms with Crippen molar-refractivity contribution in [2.24, 2.45) is 11.3 Å². The number of aliphatic hydroxyl groups excluding tert-OH is 1. The van der Waals surface area contributed by atoms with E-state index in [0.717, 1.165) is 6.42 Å². The van der Waals surface area contributed by atoms with E-state index in [0.29, 0.717) is 12.3 Å². The van der Waals surface area contributed by atoms with Crippen LogP contribution in [0, 0.1) is 11.3 Å². The molecule has 1 fully saturated rings. The van der Waals surface area contributed by atoms with Crippen LogP contribution in [0.3, 0.4) is 0 Å². The lowest BCUT2D eigenvalue weighted by Gasteiger charge is -2.38. The molecule has 1 rings (SSSR count). The predicted molar refractivity (Wildman–Crippen MR) is 65.0 cm³/mol. The van der Waals surface area contributed by atoms with Crippen molar-refractivity contribution in [1.82, 2.24) is 5.32 Å². The van der Waals surface area contributed by atoms with E-state index in [2.05, 4.69) is 19.2 Å². The van der Waals surface area contributed by atoms with Crippen LogP contribution in [0.4, 0.5) is 0 Å². The molecule has 2 atom stereocenters. The molecule has 0 aromatic rings. The van der Waals surface area contributed by atoms with Gasteiger partial charge in [-0.05, 0) is 31.1 Å². The van der Waals surface area contributed by atoms with Gasteiger partial charge in [-0.25, -0.2) is 0 Å². The van der Waals surface area contributed by atoms with Gasteiger partial charge in [-0.1, -0.05) is 26.7 Å². The largest absolute Gasteiger partial charge is 0.394 e. The van der Waals surface area contributed by atoms with E-state index in [9.17, 15) is 4.79 Å². The molecule has 2 unspecified atom stereocenters. The van der Waals surface area contributed by atoms with Crippen LogP contribution in [-0.2, 0) is 4.79 Å². The quantitative estimate of drug-likeness (QED) is 0.772. The maximum Gasteiger partial charge on any atom is 0.220 e. The molecule has 0 radical (unpaired) electrons. The van der Waals surface area contributed by atoms with Gasteiger partial charge < -0.3 is 10.4 Å². The number of aliphatic hydroxyl groups is 1. The summed E-state index contributed by atoms with van der Waals surface area (Å²) in [5, 5.41) is 11.7. The Kier molecular flexibility index (Phi) is 4.78. The topological polar surface area (TPSA) is 49.3 Å². The second kappa shape index (κ2) is 5.67. The molecule has 0 aromatic heterocycles. The molecule has 0 spiro atoms. The normalized spacial score (nSPS) is 26.1. The molecule has 0 saturated heterocycles. The zero-order valence-corrected chi connectivity index (χ0v) is 10.8. The van der Waals surface area contributed by atoms with Crippen LogP contribution in [0.5, 0.6) is 0 Å². The van der Waals surface area contributed by atoms with E-state index in [1.54, 1.807) is 0 Å². The molecule has 3 nitrogen and oxygen atoms in total. The highest BCUT2D eigenvalue weighted by molar-refractivity contribution is 5.76. The Morgan fingerprint density at radius 3 is 2.75 bits per heavy atom. The first kappa shape index (κ1) is 13.5. The molecule has 2 N–H and O–H groups in total. The Balaban J connectivity index is 2.43. The number of hydrogen-bond acceptors (Lipinski definition) is 2. The Morgan fingerprint density at radius 1 is 1.50 bits per heavy atom. The van der Waals surface area contributed by atoms with Gasteiger partial charge in [0, 0.05) is 12.5 Å². The third kappa shape index (κ3) is 3.78. The Hall–Kier alpha value is -0.570. The van der Waals surface area contributed by atoms with Crippen molar-refractivity contribution in [2.45, 2.75) is 58.9 Å². The lowest BCUT2D eigenvalue weighted by molar-refractivity contribution is -0.124. The fourth-order valence-electron chi connectivity index (χ4n) is 2.55. The molecule has 16 heavy (non-hydrogen) atoms. The average molecular weight is 227 g/mol. The van der Waals surface area contributed by atoms with E-state index in [4.69, 9.17) is 5.11 Å². The number of rotatable bonds is 4. The molecule has 94 valence electrons. The number of hydrogen-bond donors (Lipinski definition) is 2. The zero-order chi connectivity index (χ0) is 12.2. The lowest BCUT2D eigenvalue weighted by Crippen LogP contribution is -2.38. The summed E-state index contributed by atoms with van der Waals surface area (Å²) >= 11 is 0. The number of carbonyl (C=O) groups excluding carboxylic acids is 1. The Morgan fingerprint density at radius 2 is 2.19 bits per heavy atom. The first-order chi connectivity index (χ1) is 7.45. The van der Waals surface area contributed by atoms with E-state index < -0.39 is 0 Å². The van der Waals surface area contributed by atoms with Gasteiger partial charge in [0.2, 0.25) is 5.91 Å². The smallest absolute Gasteiger partial charge is 0.220 e. The first-order valence-corrected chi connectivity index (χ1v) is 6.36. The molecule has 3 heteroatoms. The van der Waals surface area contributed by atoms with Crippen LogP contribution in [0.25, 0.3) is 0 Å². The highest BCUT2D eigenvalue weighted by Crippen LogP contribution is 2.42. The lowest BCUT2D eigenvalue weighted by atomic mass is 9.67. The molecule has 0 aromatic carbocycles. The van der Waals surface area contributed by atoms with Crippen LogP contribution in [0.1, 0.15) is 52.9 Å². The summed E-state index contributed by atoms with van der Waals surface area (Å²) < 4.78 is 0. The molecule has 0 bridgehead atoms. The molecule has 1 saturated carbocycles. The van der Waals surface area contributed by atoms with Gasteiger partial charge in [0.25, 0.3) is 0 Å². The van der Waals surface area contributed by atoms with Gasteiger partial charge in [-0.3, -0.25) is 4.79 Å². The fourth-order valence-corrected chi connectivity index (χ4v) is 2.55. The average Bonchev–Trinajstić information content (AvgIpc) is 2.21. The van der Waals surface area contributed by atoms with Crippen LogP contribution in [0.15, 0.2) is 0 Å². The van der Waals surface area contributed by atoms with Crippen molar-refractivity contribution in [1.29, 1.82) is 0 Å². The summed E-state index contributed by atoms with van der Waals surface area (Å²) in [6.45, 7) is 6.36. The second-order valence-electron chi connectivity index (χ2n) is 5.79. The molecule has 0 aliphatic heterocycles. The van der Waals surface area contributed by atoms with Crippen molar-refractivity contribution in [2.75, 3.05) is 6.61 Å². The Bertz CT molecular complexity index is 238. The highest BCUT2D eigenvalue weighted by Gasteiger charge is 2.33. The summed E-state index contributed by atoms with van der Waals surface area (Å²) in [6, 6.07) is -0.126. The van der Waals surface area contributed by atoms with Crippen molar-refractivity contribution in [3.63, 3.8) is 0 Å². The molecule has 1 aliphatic carbocycles. The van der Waals surface area contributed by atoms with Crippen LogP contribution in [-0.4, -0.2) is 23.7 Å². The molecule has 0 heterocycles. The van der Waals surface area contributed by atoms with E-state index >= 15 is 0 Å². The number of amides is 1. The van der Waals surface area contributed by atoms with Gasteiger partial charge in [-0.2, -0.15) is 0 Å². The minimum atomic E-state index is -0.126. The number of nitrogens with one attached hydrogen (secondary N) is 1. The van der Waals surface area contributed by atoms with E-state index in [-0.39, 0.29) is 24.0 Å². The van der Waals surface area contributed by atoms with Gasteiger partial charge in [-0.15, -0.1) is 0 Å². The van der Waals surface area contributed by atoms with Crippen LogP contribution >= 0.6 is 0 Å². The van der Waals surface area contributed by atoms with Crippen molar-refractivity contribution >= 4 is 5.91 Å². The summed E-state index contributed by atoms with van der Waals surface area (Å²) in [7, 11) is 0. The van der Waals surface area contributed by atoms with Gasteiger partial charge in [0.1, 0.15) is 0 Å². The third-order valence-electron chi connectivity index (χ3n) is 3.84. The van der Waals surface area contributed by atoms with E-state index in [1.807, 2.05) is 6.92 Å². The molecule has 1 amide bonds. The fraction of sp³-hybridized carbons (Fsp3) is 0.923. The zero-order valence-electron chi connectivity index (χ0n) is 10.8. The maximum absolute atomic E-state index is 11.7. The molecule has 1 aliphatic rings. The highest BCUT2D eigenvalue weighted by atomic mass is 16.3. The predicted octanol–water partition coefficient (Wildman–Crippen LogP) is 2.09. The van der Waals surface area contributed by atoms with Gasteiger partial charge >= 0.3 is 0 Å².